The highest BCUT2D eigenvalue weighted by atomic mass is 32.2. The van der Waals surface area contributed by atoms with Crippen LogP contribution in [0.3, 0.4) is 0 Å². The van der Waals surface area contributed by atoms with Gasteiger partial charge in [0.2, 0.25) is 11.8 Å². The zero-order chi connectivity index (χ0) is 25.8. The van der Waals surface area contributed by atoms with Crippen LogP contribution in [0.1, 0.15) is 42.0 Å². The third-order valence-corrected chi connectivity index (χ3v) is 6.97. The maximum Gasteiger partial charge on any atom is 0.243 e. The number of nitrogens with one attached hydrogen (secondary N) is 1. The van der Waals surface area contributed by atoms with Gasteiger partial charge >= 0.3 is 0 Å². The molecule has 3 aromatic carbocycles. The molecule has 0 fully saturated rings. The predicted octanol–water partition coefficient (Wildman–Crippen LogP) is 5.92. The summed E-state index contributed by atoms with van der Waals surface area (Å²) in [6.07, 6.45) is 2.32. The van der Waals surface area contributed by atoms with Gasteiger partial charge in [-0.1, -0.05) is 85.6 Å². The minimum absolute atomic E-state index is 0.0886. The number of carbonyl (C=O) groups excluding carboxylic acids is 2. The van der Waals surface area contributed by atoms with E-state index in [2.05, 4.69) is 12.2 Å². The molecule has 0 unspecified atom stereocenters. The molecule has 0 spiro atoms. The summed E-state index contributed by atoms with van der Waals surface area (Å²) in [5, 5.41) is 3.05. The van der Waals surface area contributed by atoms with Crippen LogP contribution in [0.25, 0.3) is 0 Å². The molecule has 0 aliphatic carbocycles. The number of halogens is 1. The van der Waals surface area contributed by atoms with Gasteiger partial charge in [-0.2, -0.15) is 0 Å². The van der Waals surface area contributed by atoms with Gasteiger partial charge in [0.25, 0.3) is 0 Å². The number of hydrogen-bond acceptors (Lipinski definition) is 3. The van der Waals surface area contributed by atoms with Crippen LogP contribution < -0.4 is 5.32 Å². The molecule has 36 heavy (non-hydrogen) atoms. The van der Waals surface area contributed by atoms with Crippen molar-refractivity contribution in [2.75, 3.05) is 12.3 Å². The maximum atomic E-state index is 13.6. The van der Waals surface area contributed by atoms with Crippen molar-refractivity contribution in [1.29, 1.82) is 0 Å². The largest absolute Gasteiger partial charge is 0.354 e. The Morgan fingerprint density at radius 1 is 0.917 bits per heavy atom. The molecule has 0 aliphatic rings. The standard InChI is InChI=1S/C30H35FN2O2S/c1-3-4-18-32-30(35)28(19-24-8-6-5-7-9-24)33(20-25-12-10-23(2)11-13-25)29(34)22-36-21-26-14-16-27(31)17-15-26/h5-17,28H,3-4,18-22H2,1-2H3,(H,32,35)/t28-/m1/s1. The number of benzene rings is 3. The molecule has 0 bridgehead atoms. The molecule has 0 saturated carbocycles. The Morgan fingerprint density at radius 2 is 1.58 bits per heavy atom. The number of thioether (sulfide) groups is 1. The minimum Gasteiger partial charge on any atom is -0.354 e. The molecule has 0 saturated heterocycles. The van der Waals surface area contributed by atoms with E-state index in [1.807, 2.05) is 61.5 Å². The summed E-state index contributed by atoms with van der Waals surface area (Å²) in [5.41, 5.74) is 4.09. The van der Waals surface area contributed by atoms with E-state index in [1.54, 1.807) is 17.0 Å². The van der Waals surface area contributed by atoms with Gasteiger partial charge < -0.3 is 10.2 Å². The second-order valence-electron chi connectivity index (χ2n) is 8.98. The molecule has 6 heteroatoms. The number of aryl methyl sites for hydroxylation is 1. The normalized spacial score (nSPS) is 11.6. The quantitative estimate of drug-likeness (QED) is 0.293. The van der Waals surface area contributed by atoms with E-state index in [0.717, 1.165) is 35.1 Å². The van der Waals surface area contributed by atoms with Gasteiger partial charge in [-0.05, 0) is 42.2 Å². The number of carbonyl (C=O) groups is 2. The van der Waals surface area contributed by atoms with Crippen LogP contribution in [-0.2, 0) is 28.3 Å². The van der Waals surface area contributed by atoms with Crippen molar-refractivity contribution < 1.29 is 14.0 Å². The highest BCUT2D eigenvalue weighted by Gasteiger charge is 2.30. The molecule has 0 heterocycles. The third-order valence-electron chi connectivity index (χ3n) is 5.98. The fourth-order valence-corrected chi connectivity index (χ4v) is 4.74. The van der Waals surface area contributed by atoms with E-state index in [0.29, 0.717) is 25.3 Å². The monoisotopic (exact) mass is 506 g/mol. The van der Waals surface area contributed by atoms with Crippen molar-refractivity contribution in [1.82, 2.24) is 10.2 Å². The van der Waals surface area contributed by atoms with E-state index < -0.39 is 6.04 Å². The molecule has 0 aromatic heterocycles. The van der Waals surface area contributed by atoms with Crippen molar-refractivity contribution in [3.63, 3.8) is 0 Å². The molecule has 0 radical (unpaired) electrons. The van der Waals surface area contributed by atoms with Gasteiger partial charge in [0, 0.05) is 25.3 Å². The van der Waals surface area contributed by atoms with Crippen LogP contribution in [0.2, 0.25) is 0 Å². The second kappa shape index (κ2) is 14.4. The Morgan fingerprint density at radius 3 is 2.25 bits per heavy atom. The van der Waals surface area contributed by atoms with Crippen LogP contribution >= 0.6 is 11.8 Å². The van der Waals surface area contributed by atoms with Crippen LogP contribution in [-0.4, -0.2) is 35.1 Å². The third kappa shape index (κ3) is 8.83. The summed E-state index contributed by atoms with van der Waals surface area (Å²) in [5.74, 6) is 0.334. The molecule has 1 atom stereocenters. The first-order valence-corrected chi connectivity index (χ1v) is 13.6. The van der Waals surface area contributed by atoms with Crippen LogP contribution in [0.15, 0.2) is 78.9 Å². The average Bonchev–Trinajstić information content (AvgIpc) is 2.89. The summed E-state index contributed by atoms with van der Waals surface area (Å²) < 4.78 is 13.2. The number of amides is 2. The lowest BCUT2D eigenvalue weighted by Crippen LogP contribution is -2.51. The van der Waals surface area contributed by atoms with Crippen molar-refractivity contribution in [2.24, 2.45) is 0 Å². The first-order valence-electron chi connectivity index (χ1n) is 12.4. The van der Waals surface area contributed by atoms with E-state index >= 15 is 0 Å². The molecule has 3 rings (SSSR count). The van der Waals surface area contributed by atoms with Crippen LogP contribution in [0, 0.1) is 12.7 Å². The number of rotatable bonds is 13. The first kappa shape index (κ1) is 27.5. The fourth-order valence-electron chi connectivity index (χ4n) is 3.87. The van der Waals surface area contributed by atoms with E-state index in [9.17, 15) is 14.0 Å². The maximum absolute atomic E-state index is 13.6. The van der Waals surface area contributed by atoms with Crippen molar-refractivity contribution >= 4 is 23.6 Å². The minimum atomic E-state index is -0.621. The molecule has 0 aliphatic heterocycles. The Bertz CT molecular complexity index is 1090. The van der Waals surface area contributed by atoms with E-state index in [-0.39, 0.29) is 23.4 Å². The zero-order valence-corrected chi connectivity index (χ0v) is 21.9. The molecular weight excluding hydrogens is 471 g/mol. The SMILES string of the molecule is CCCCNC(=O)[C@@H](Cc1ccccc1)N(Cc1ccc(C)cc1)C(=O)CSCc1ccc(F)cc1. The van der Waals surface area contributed by atoms with Gasteiger partial charge in [0.1, 0.15) is 11.9 Å². The highest BCUT2D eigenvalue weighted by Crippen LogP contribution is 2.19. The number of unbranched alkanes of at least 4 members (excludes halogenated alkanes) is 1. The number of nitrogens with zero attached hydrogens (tertiary/aromatic N) is 1. The highest BCUT2D eigenvalue weighted by molar-refractivity contribution is 7.99. The summed E-state index contributed by atoms with van der Waals surface area (Å²) in [6, 6.07) is 23.6. The summed E-state index contributed by atoms with van der Waals surface area (Å²) in [6.45, 7) is 5.05. The Labute approximate surface area is 218 Å². The van der Waals surface area contributed by atoms with Crippen LogP contribution in [0.5, 0.6) is 0 Å². The van der Waals surface area contributed by atoms with E-state index in [4.69, 9.17) is 0 Å². The summed E-state index contributed by atoms with van der Waals surface area (Å²) in [4.78, 5) is 28.7. The summed E-state index contributed by atoms with van der Waals surface area (Å²) in [7, 11) is 0. The molecule has 4 nitrogen and oxygen atoms in total. The lowest BCUT2D eigenvalue weighted by molar-refractivity contribution is -0.139. The van der Waals surface area contributed by atoms with Gasteiger partial charge in [-0.3, -0.25) is 9.59 Å². The van der Waals surface area contributed by atoms with Crippen LogP contribution in [0.4, 0.5) is 4.39 Å². The molecule has 3 aromatic rings. The van der Waals surface area contributed by atoms with Gasteiger partial charge in [-0.15, -0.1) is 11.8 Å². The number of hydrogen-bond donors (Lipinski definition) is 1. The molecule has 1 N–H and O–H groups in total. The van der Waals surface area contributed by atoms with Crippen molar-refractivity contribution in [3.8, 4) is 0 Å². The predicted molar refractivity (Wildman–Crippen MR) is 146 cm³/mol. The van der Waals surface area contributed by atoms with Gasteiger partial charge in [0.15, 0.2) is 0 Å². The average molecular weight is 507 g/mol. The molecule has 2 amide bonds. The lowest BCUT2D eigenvalue weighted by Gasteiger charge is -2.31. The smallest absolute Gasteiger partial charge is 0.243 e. The zero-order valence-electron chi connectivity index (χ0n) is 21.1. The fraction of sp³-hybridized carbons (Fsp3) is 0.333. The van der Waals surface area contributed by atoms with Gasteiger partial charge in [0.05, 0.1) is 5.75 Å². The van der Waals surface area contributed by atoms with Crippen molar-refractivity contribution in [3.05, 3.63) is 107 Å². The van der Waals surface area contributed by atoms with Gasteiger partial charge in [-0.25, -0.2) is 4.39 Å². The molecular formula is C30H35FN2O2S. The topological polar surface area (TPSA) is 49.4 Å². The lowest BCUT2D eigenvalue weighted by atomic mass is 10.0. The Hall–Kier alpha value is -3.12. The van der Waals surface area contributed by atoms with E-state index in [1.165, 1.54) is 23.9 Å². The first-order chi connectivity index (χ1) is 17.5. The second-order valence-corrected chi connectivity index (χ2v) is 9.96. The Kier molecular flexibility index (Phi) is 11.0. The molecule has 190 valence electrons. The Balaban J connectivity index is 1.81. The summed E-state index contributed by atoms with van der Waals surface area (Å²) >= 11 is 1.47. The van der Waals surface area contributed by atoms with Crippen molar-refractivity contribution in [2.45, 2.75) is 51.4 Å².